The second-order valence-electron chi connectivity index (χ2n) is 15.6. The average molecular weight is 890 g/mol. The van der Waals surface area contributed by atoms with Gasteiger partial charge in [-0.1, -0.05) is 110 Å². The van der Waals surface area contributed by atoms with Crippen LogP contribution in [0.2, 0.25) is 10.3 Å². The third-order valence-electron chi connectivity index (χ3n) is 11.0. The highest BCUT2D eigenvalue weighted by Crippen LogP contribution is 2.39. The number of alkyl carbamates (subject to hydrolysis) is 2. The first-order valence-corrected chi connectivity index (χ1v) is 20.5. The number of H-pyrrole nitrogens is 2. The van der Waals surface area contributed by atoms with Gasteiger partial charge in [0.05, 0.1) is 38.4 Å². The molecule has 2 aromatic carbocycles. The number of methoxy groups -OCH3 is 2. The molecule has 0 radical (unpaired) electrons. The Balaban J connectivity index is 1.20. The summed E-state index contributed by atoms with van der Waals surface area (Å²) in [6, 6.07) is 11.2. The summed E-state index contributed by atoms with van der Waals surface area (Å²) in [5.74, 6) is -0.455. The zero-order chi connectivity index (χ0) is 44.8. The second-order valence-corrected chi connectivity index (χ2v) is 16.4. The van der Waals surface area contributed by atoms with E-state index in [1.165, 1.54) is 14.2 Å². The number of hydrogen-bond donors (Lipinski definition) is 4. The maximum absolute atomic E-state index is 13.8. The SMILES string of the molecule is COC(=O)N[C@H](C(=O)N1C[C@@H](N=[N+]=[N-])C[C@H]1c1nc(-c2ccc(-c3ccc(-c4nc([C@@H]5C[C@H](N=[N+]=[N-])CN5C(=O)[C@@H](NC(=O)OC)C(C)C)[nH]c4Cl)cc3)cc2)c(Cl)[nH]1)C(C)C. The fourth-order valence-corrected chi connectivity index (χ4v) is 8.28. The molecular formula is C40H46Cl2N14O6. The van der Waals surface area contributed by atoms with Crippen molar-refractivity contribution in [1.82, 2.24) is 40.4 Å². The first-order valence-electron chi connectivity index (χ1n) is 19.8. The normalized spacial score (nSPS) is 19.4. The van der Waals surface area contributed by atoms with Crippen LogP contribution in [-0.2, 0) is 19.1 Å². The Morgan fingerprint density at radius 1 is 0.677 bits per heavy atom. The number of nitrogens with zero attached hydrogens (tertiary/aromatic N) is 10. The molecule has 22 heteroatoms. The van der Waals surface area contributed by atoms with Crippen molar-refractivity contribution in [3.8, 4) is 33.6 Å². The van der Waals surface area contributed by atoms with E-state index in [1.807, 2.05) is 48.5 Å². The standard InChI is InChI=1S/C40H46Cl2N14O6/c1-19(2)29(47-39(59)61-5)37(57)55-17-25(51-53-43)15-27(55)35-45-31(33(41)49-35)23-11-7-21(8-12-23)22-9-13-24(14-10-22)32-34(42)50-36(46-32)28-16-26(52-54-44)18-56(28)38(58)30(20(3)4)48-40(60)62-6/h7-14,19-20,25-30H,15-18H2,1-6H3,(H,45,49)(H,46,50)(H,47,59)(H,48,60)/t25-,26-,27-,28-,29-,30-/m0/s1. The number of carbonyl (C=O) groups is 4. The van der Waals surface area contributed by atoms with E-state index in [9.17, 15) is 19.2 Å². The van der Waals surface area contributed by atoms with Crippen molar-refractivity contribution in [3.63, 3.8) is 0 Å². The molecule has 2 aliphatic rings. The Bertz CT molecular complexity index is 2230. The molecule has 0 bridgehead atoms. The number of imidazole rings is 2. The summed E-state index contributed by atoms with van der Waals surface area (Å²) in [7, 11) is 2.44. The van der Waals surface area contributed by atoms with Gasteiger partial charge in [-0.25, -0.2) is 19.6 Å². The number of nitrogens with one attached hydrogen (secondary N) is 4. The molecule has 4 heterocycles. The lowest BCUT2D eigenvalue weighted by Crippen LogP contribution is -2.51. The molecule has 20 nitrogen and oxygen atoms in total. The molecule has 6 rings (SSSR count). The van der Waals surface area contributed by atoms with Crippen LogP contribution in [-0.4, -0.2) is 105 Å². The Labute approximate surface area is 366 Å². The van der Waals surface area contributed by atoms with Gasteiger partial charge in [0.1, 0.15) is 45.4 Å². The maximum Gasteiger partial charge on any atom is 0.407 e. The summed E-state index contributed by atoms with van der Waals surface area (Å²) < 4.78 is 9.48. The third-order valence-corrected chi connectivity index (χ3v) is 11.5. The number of hydrogen-bond acceptors (Lipinski definition) is 10. The van der Waals surface area contributed by atoms with Crippen LogP contribution in [0.4, 0.5) is 9.59 Å². The molecule has 62 heavy (non-hydrogen) atoms. The number of halogens is 2. The van der Waals surface area contributed by atoms with Crippen molar-refractivity contribution in [2.24, 2.45) is 22.1 Å². The molecule has 0 spiro atoms. The summed E-state index contributed by atoms with van der Waals surface area (Å²) in [4.78, 5) is 76.6. The molecular weight excluding hydrogens is 843 g/mol. The third kappa shape index (κ3) is 9.68. The Morgan fingerprint density at radius 2 is 1.02 bits per heavy atom. The van der Waals surface area contributed by atoms with E-state index >= 15 is 0 Å². The van der Waals surface area contributed by atoms with Crippen LogP contribution in [0.15, 0.2) is 58.8 Å². The molecule has 4 aromatic rings. The van der Waals surface area contributed by atoms with Crippen molar-refractivity contribution < 1.29 is 28.7 Å². The molecule has 2 fully saturated rings. The number of rotatable bonds is 13. The van der Waals surface area contributed by atoms with E-state index in [1.54, 1.807) is 37.5 Å². The largest absolute Gasteiger partial charge is 0.453 e. The number of aromatic nitrogens is 4. The number of ether oxygens (including phenoxy) is 2. The summed E-state index contributed by atoms with van der Waals surface area (Å²) >= 11 is 13.4. The van der Waals surface area contributed by atoms with Gasteiger partial charge in [-0.15, -0.1) is 0 Å². The summed E-state index contributed by atoms with van der Waals surface area (Å²) in [5.41, 5.74) is 22.5. The van der Waals surface area contributed by atoms with E-state index in [-0.39, 0.29) is 47.0 Å². The van der Waals surface area contributed by atoms with Gasteiger partial charge >= 0.3 is 12.2 Å². The van der Waals surface area contributed by atoms with Crippen LogP contribution in [0.5, 0.6) is 0 Å². The predicted molar refractivity (Wildman–Crippen MR) is 229 cm³/mol. The van der Waals surface area contributed by atoms with Gasteiger partial charge in [-0.2, -0.15) is 0 Å². The highest BCUT2D eigenvalue weighted by Gasteiger charge is 2.43. The first-order chi connectivity index (χ1) is 29.7. The molecule has 0 unspecified atom stereocenters. The van der Waals surface area contributed by atoms with E-state index in [0.29, 0.717) is 47.0 Å². The summed E-state index contributed by atoms with van der Waals surface area (Å²) in [5, 5.41) is 13.5. The lowest BCUT2D eigenvalue weighted by Gasteiger charge is -2.30. The fourth-order valence-electron chi connectivity index (χ4n) is 7.78. The topological polar surface area (TPSA) is 272 Å². The maximum atomic E-state index is 13.8. The van der Waals surface area contributed by atoms with Gasteiger partial charge in [-0.3, -0.25) is 9.59 Å². The highest BCUT2D eigenvalue weighted by molar-refractivity contribution is 6.32. The van der Waals surface area contributed by atoms with Gasteiger partial charge in [0.2, 0.25) is 11.8 Å². The predicted octanol–water partition coefficient (Wildman–Crippen LogP) is 8.11. The smallest absolute Gasteiger partial charge is 0.407 e. The minimum absolute atomic E-state index is 0.129. The quantitative estimate of drug-likeness (QED) is 0.0577. The minimum Gasteiger partial charge on any atom is -0.453 e. The molecule has 0 saturated carbocycles. The van der Waals surface area contributed by atoms with Gasteiger partial charge in [-0.05, 0) is 46.9 Å². The van der Waals surface area contributed by atoms with E-state index in [0.717, 1.165) is 11.1 Å². The summed E-state index contributed by atoms with van der Waals surface area (Å²) in [6.45, 7) is 7.47. The van der Waals surface area contributed by atoms with Crippen LogP contribution in [0.1, 0.15) is 64.3 Å². The van der Waals surface area contributed by atoms with Crippen LogP contribution in [0.3, 0.4) is 0 Å². The second kappa shape index (κ2) is 19.5. The molecule has 326 valence electrons. The van der Waals surface area contributed by atoms with Crippen molar-refractivity contribution in [2.75, 3.05) is 27.3 Å². The molecule has 0 aliphatic carbocycles. The van der Waals surface area contributed by atoms with Gasteiger partial charge in [0.25, 0.3) is 0 Å². The summed E-state index contributed by atoms with van der Waals surface area (Å²) in [6.07, 6.45) is -0.879. The van der Waals surface area contributed by atoms with Gasteiger partial charge < -0.3 is 39.9 Å². The fraction of sp³-hybridized carbons (Fsp3) is 0.450. The Morgan fingerprint density at radius 3 is 1.32 bits per heavy atom. The van der Waals surface area contributed by atoms with Crippen LogP contribution < -0.4 is 10.6 Å². The van der Waals surface area contributed by atoms with E-state index < -0.39 is 48.4 Å². The number of carbonyl (C=O) groups excluding carboxylic acids is 4. The van der Waals surface area contributed by atoms with Crippen molar-refractivity contribution in [3.05, 3.63) is 91.4 Å². The molecule has 4 amide bonds. The molecule has 4 N–H and O–H groups in total. The lowest BCUT2D eigenvalue weighted by molar-refractivity contribution is -0.136. The lowest BCUT2D eigenvalue weighted by atomic mass is 10.0. The highest BCUT2D eigenvalue weighted by atomic mass is 35.5. The number of benzene rings is 2. The minimum atomic E-state index is -0.892. The first kappa shape index (κ1) is 45.1. The Hall–Kier alpha value is -6.46. The van der Waals surface area contributed by atoms with Crippen molar-refractivity contribution in [1.29, 1.82) is 0 Å². The number of amides is 4. The van der Waals surface area contributed by atoms with E-state index in [2.05, 4.69) is 40.7 Å². The van der Waals surface area contributed by atoms with Crippen LogP contribution in [0.25, 0.3) is 54.5 Å². The molecule has 2 aromatic heterocycles. The zero-order valence-corrected chi connectivity index (χ0v) is 36.3. The Kier molecular flexibility index (Phi) is 14.2. The molecule has 2 aliphatic heterocycles. The van der Waals surface area contributed by atoms with Crippen LogP contribution >= 0.6 is 23.2 Å². The van der Waals surface area contributed by atoms with Gasteiger partial charge in [0, 0.05) is 34.0 Å². The molecule has 6 atom stereocenters. The zero-order valence-electron chi connectivity index (χ0n) is 34.7. The van der Waals surface area contributed by atoms with E-state index in [4.69, 9.17) is 53.7 Å². The van der Waals surface area contributed by atoms with Crippen LogP contribution in [0, 0.1) is 11.8 Å². The average Bonchev–Trinajstić information content (AvgIpc) is 4.06. The van der Waals surface area contributed by atoms with Crippen molar-refractivity contribution in [2.45, 2.75) is 76.8 Å². The number of azide groups is 2. The van der Waals surface area contributed by atoms with Gasteiger partial charge in [0.15, 0.2) is 0 Å². The number of likely N-dealkylation sites (tertiary alicyclic amines) is 2. The monoisotopic (exact) mass is 888 g/mol. The molecule has 2 saturated heterocycles. The van der Waals surface area contributed by atoms with Crippen molar-refractivity contribution >= 4 is 47.2 Å². The number of aromatic amines is 2.